The van der Waals surface area contributed by atoms with E-state index in [-0.39, 0.29) is 6.61 Å². The second-order valence-corrected chi connectivity index (χ2v) is 2.88. The van der Waals surface area contributed by atoms with E-state index in [1.54, 1.807) is 0 Å². The molecule has 8 heteroatoms. The van der Waals surface area contributed by atoms with Crippen LogP contribution in [-0.4, -0.2) is 30.2 Å². The third-order valence-corrected chi connectivity index (χ3v) is 1.47. The van der Waals surface area contributed by atoms with Gasteiger partial charge in [-0.05, 0) is 6.92 Å². The summed E-state index contributed by atoms with van der Waals surface area (Å²) in [6.07, 6.45) is -0.760. The normalized spacial score (nSPS) is 19.2. The van der Waals surface area contributed by atoms with Gasteiger partial charge in [-0.25, -0.2) is 4.21 Å². The van der Waals surface area contributed by atoms with Crippen molar-refractivity contribution in [2.75, 3.05) is 6.61 Å². The summed E-state index contributed by atoms with van der Waals surface area (Å²) in [6, 6.07) is 0. The lowest BCUT2D eigenvalue weighted by molar-refractivity contribution is 0.146. The lowest BCUT2D eigenvalue weighted by Gasteiger charge is -2.11. The predicted octanol–water partition coefficient (Wildman–Crippen LogP) is -0.661. The second kappa shape index (κ2) is 5.75. The zero-order chi connectivity index (χ0) is 8.85. The van der Waals surface area contributed by atoms with Gasteiger partial charge in [0.2, 0.25) is 0 Å². The van der Waals surface area contributed by atoms with Crippen molar-refractivity contribution in [3.05, 3.63) is 0 Å². The molecule has 1 N–H and O–H groups in total. The van der Waals surface area contributed by atoms with Crippen LogP contribution in [0.1, 0.15) is 6.92 Å². The van der Waals surface area contributed by atoms with Crippen LogP contribution in [-0.2, 0) is 31.1 Å². The van der Waals surface area contributed by atoms with E-state index >= 15 is 0 Å². The molecule has 6 nitrogen and oxygen atoms in total. The van der Waals surface area contributed by atoms with Gasteiger partial charge in [-0.3, -0.25) is 12.9 Å². The van der Waals surface area contributed by atoms with Crippen LogP contribution in [0, 0.1) is 0 Å². The van der Waals surface area contributed by atoms with Crippen LogP contribution < -0.4 is 0 Å². The fraction of sp³-hybridized carbons (Fsp3) is 1.00. The van der Waals surface area contributed by atoms with Crippen LogP contribution in [0.5, 0.6) is 0 Å². The van der Waals surface area contributed by atoms with E-state index in [2.05, 4.69) is 8.37 Å². The Balaban J connectivity index is 3.44. The molecular weight excluding hydrogens is 196 g/mol. The maximum atomic E-state index is 9.87. The van der Waals surface area contributed by atoms with Crippen LogP contribution in [0.3, 0.4) is 0 Å². The van der Waals surface area contributed by atoms with Gasteiger partial charge in [-0.15, -0.1) is 0 Å². The van der Waals surface area contributed by atoms with Gasteiger partial charge in [0.15, 0.2) is 0 Å². The van der Waals surface area contributed by atoms with Crippen molar-refractivity contribution in [3.63, 3.8) is 0 Å². The first-order valence-electron chi connectivity index (χ1n) is 2.53. The van der Waals surface area contributed by atoms with Crippen molar-refractivity contribution < 1.29 is 25.9 Å². The Morgan fingerprint density at radius 3 is 2.55 bits per heavy atom. The number of hydrogen-bond donors (Lipinski definition) is 1. The van der Waals surface area contributed by atoms with Crippen LogP contribution in [0.25, 0.3) is 0 Å². The summed E-state index contributed by atoms with van der Waals surface area (Å²) < 4.78 is 45.9. The van der Waals surface area contributed by atoms with Gasteiger partial charge in [-0.2, -0.15) is 4.21 Å². The molecule has 0 aliphatic carbocycles. The summed E-state index contributed by atoms with van der Waals surface area (Å²) in [5.41, 5.74) is 0. The minimum Gasteiger partial charge on any atom is -0.750 e. The first kappa shape index (κ1) is 11.1. The Morgan fingerprint density at radius 2 is 2.18 bits per heavy atom. The van der Waals surface area contributed by atoms with Crippen molar-refractivity contribution in [2.24, 2.45) is 0 Å². The zero-order valence-electron chi connectivity index (χ0n) is 5.59. The quantitative estimate of drug-likeness (QED) is 0.596. The predicted molar refractivity (Wildman–Crippen MR) is 36.2 cm³/mol. The lowest BCUT2D eigenvalue weighted by Crippen LogP contribution is -2.17. The highest BCUT2D eigenvalue weighted by atomic mass is 32.2. The topological polar surface area (TPSA) is 95.9 Å². The Bertz CT molecular complexity index is 158. The molecule has 0 aromatic carbocycles. The molecular formula is C3H7O6S2-. The van der Waals surface area contributed by atoms with Gasteiger partial charge in [0.05, 0.1) is 24.1 Å². The number of rotatable bonds is 5. The average Bonchev–Trinajstić information content (AvgIpc) is 1.82. The Hall–Kier alpha value is 0.140. The minimum atomic E-state index is -2.62. The van der Waals surface area contributed by atoms with Crippen molar-refractivity contribution >= 4 is 22.7 Å². The second-order valence-electron chi connectivity index (χ2n) is 1.61. The molecule has 0 fully saturated rings. The van der Waals surface area contributed by atoms with E-state index in [4.69, 9.17) is 4.55 Å². The maximum Gasteiger partial charge on any atom is 0.301 e. The smallest absolute Gasteiger partial charge is 0.301 e. The zero-order valence-corrected chi connectivity index (χ0v) is 7.22. The fourth-order valence-electron chi connectivity index (χ4n) is 0.316. The Kier molecular flexibility index (Phi) is 5.82. The van der Waals surface area contributed by atoms with Crippen molar-refractivity contribution in [3.8, 4) is 0 Å². The molecule has 0 saturated heterocycles. The highest BCUT2D eigenvalue weighted by molar-refractivity contribution is 7.74. The average molecular weight is 203 g/mol. The molecule has 0 saturated carbocycles. The third kappa shape index (κ3) is 8.04. The molecule has 0 bridgehead atoms. The first-order valence-corrected chi connectivity index (χ1v) is 4.56. The largest absolute Gasteiger partial charge is 0.750 e. The molecule has 0 spiro atoms. The van der Waals surface area contributed by atoms with E-state index in [9.17, 15) is 13.0 Å². The molecule has 0 heterocycles. The summed E-state index contributed by atoms with van der Waals surface area (Å²) in [5, 5.41) is 0. The molecule has 3 atom stereocenters. The van der Waals surface area contributed by atoms with Gasteiger partial charge in [0.1, 0.15) is 0 Å². The van der Waals surface area contributed by atoms with E-state index in [1.165, 1.54) is 6.92 Å². The summed E-state index contributed by atoms with van der Waals surface area (Å²) in [4.78, 5) is 0. The SMILES string of the molecule is CC(COS(=O)O)OS(=O)[O-]. The Labute approximate surface area is 68.9 Å². The molecule has 0 aromatic heterocycles. The van der Waals surface area contributed by atoms with Gasteiger partial charge in [0.25, 0.3) is 0 Å². The summed E-state index contributed by atoms with van der Waals surface area (Å²) in [6.45, 7) is 1.14. The molecule has 3 unspecified atom stereocenters. The van der Waals surface area contributed by atoms with Gasteiger partial charge >= 0.3 is 11.4 Å². The molecule has 0 aliphatic heterocycles. The molecule has 0 aliphatic rings. The monoisotopic (exact) mass is 203 g/mol. The van der Waals surface area contributed by atoms with E-state index < -0.39 is 28.8 Å². The fourth-order valence-corrected chi connectivity index (χ4v) is 0.948. The highest BCUT2D eigenvalue weighted by Crippen LogP contribution is 1.94. The van der Waals surface area contributed by atoms with Crippen molar-refractivity contribution in [2.45, 2.75) is 13.0 Å². The maximum absolute atomic E-state index is 9.87. The van der Waals surface area contributed by atoms with E-state index in [0.29, 0.717) is 0 Å². The standard InChI is InChI=1S/C3H8O6S2/c1-3(9-11(6)7)2-8-10(4)5/h3H,2H2,1H3,(H,4,5)(H,6,7)/p-1. The summed E-state index contributed by atoms with van der Waals surface area (Å²) in [7, 11) is 0. The van der Waals surface area contributed by atoms with Crippen LogP contribution in [0.2, 0.25) is 0 Å². The van der Waals surface area contributed by atoms with Gasteiger partial charge in [0, 0.05) is 0 Å². The highest BCUT2D eigenvalue weighted by Gasteiger charge is 2.04. The third-order valence-electron chi connectivity index (χ3n) is 0.646. The minimum absolute atomic E-state index is 0.253. The van der Waals surface area contributed by atoms with E-state index in [1.807, 2.05) is 0 Å². The summed E-state index contributed by atoms with van der Waals surface area (Å²) >= 11 is -5.00. The van der Waals surface area contributed by atoms with Gasteiger partial charge in [-0.1, -0.05) is 0 Å². The molecule has 0 amide bonds. The Morgan fingerprint density at radius 1 is 1.64 bits per heavy atom. The van der Waals surface area contributed by atoms with Gasteiger partial charge < -0.3 is 4.55 Å². The summed E-state index contributed by atoms with van der Waals surface area (Å²) in [5.74, 6) is 0. The molecule has 11 heavy (non-hydrogen) atoms. The van der Waals surface area contributed by atoms with Crippen LogP contribution in [0.15, 0.2) is 0 Å². The molecule has 0 rings (SSSR count). The van der Waals surface area contributed by atoms with Crippen molar-refractivity contribution in [1.29, 1.82) is 0 Å². The van der Waals surface area contributed by atoms with Crippen molar-refractivity contribution in [1.82, 2.24) is 0 Å². The molecule has 0 aromatic rings. The van der Waals surface area contributed by atoms with Crippen LogP contribution >= 0.6 is 0 Å². The molecule has 0 radical (unpaired) electrons. The first-order chi connectivity index (χ1) is 5.02. The van der Waals surface area contributed by atoms with Crippen LogP contribution in [0.4, 0.5) is 0 Å². The van der Waals surface area contributed by atoms with E-state index in [0.717, 1.165) is 0 Å². The molecule has 68 valence electrons. The lowest BCUT2D eigenvalue weighted by atomic mass is 10.5. The number of hydrogen-bond acceptors (Lipinski definition) is 5.